The summed E-state index contributed by atoms with van der Waals surface area (Å²) in [7, 11) is 4.09. The van der Waals surface area contributed by atoms with Crippen molar-refractivity contribution in [2.24, 2.45) is 4.99 Å². The molecule has 2 saturated heterocycles. The van der Waals surface area contributed by atoms with Gasteiger partial charge in [0.05, 0.1) is 0 Å². The number of piperazine rings is 1. The molecule has 0 aromatic heterocycles. The summed E-state index contributed by atoms with van der Waals surface area (Å²) in [5.74, 6) is 0.931. The lowest BCUT2D eigenvalue weighted by atomic mass is 10.0. The molecule has 6 heteroatoms. The molecule has 2 heterocycles. The fourth-order valence-corrected chi connectivity index (χ4v) is 4.44. The second kappa shape index (κ2) is 12.2. The van der Waals surface area contributed by atoms with Crippen molar-refractivity contribution in [1.29, 1.82) is 0 Å². The fourth-order valence-electron chi connectivity index (χ4n) is 4.44. The maximum atomic E-state index is 4.38. The number of benzene rings is 1. The van der Waals surface area contributed by atoms with E-state index in [2.05, 4.69) is 67.7 Å². The topological polar surface area (TPSA) is 46.1 Å². The molecule has 162 valence electrons. The molecule has 0 amide bonds. The molecule has 0 spiro atoms. The van der Waals surface area contributed by atoms with Crippen LogP contribution >= 0.6 is 0 Å². The molecule has 1 unspecified atom stereocenters. The minimum Gasteiger partial charge on any atom is -0.356 e. The summed E-state index contributed by atoms with van der Waals surface area (Å²) >= 11 is 0. The van der Waals surface area contributed by atoms with E-state index in [1.165, 1.54) is 37.9 Å². The van der Waals surface area contributed by atoms with Crippen LogP contribution in [0, 0.1) is 0 Å². The Morgan fingerprint density at radius 3 is 2.48 bits per heavy atom. The molecule has 29 heavy (non-hydrogen) atoms. The van der Waals surface area contributed by atoms with Crippen LogP contribution in [0.1, 0.15) is 37.3 Å². The van der Waals surface area contributed by atoms with E-state index in [9.17, 15) is 0 Å². The summed E-state index contributed by atoms with van der Waals surface area (Å²) in [6.45, 7) is 10.0. The lowest BCUT2D eigenvalue weighted by Crippen LogP contribution is -2.47. The van der Waals surface area contributed by atoms with E-state index in [1.54, 1.807) is 0 Å². The van der Waals surface area contributed by atoms with E-state index in [0.29, 0.717) is 6.04 Å². The molecular formula is C23H40N6. The molecule has 1 aromatic rings. The zero-order valence-electron chi connectivity index (χ0n) is 18.4. The zero-order valence-corrected chi connectivity index (χ0v) is 18.4. The van der Waals surface area contributed by atoms with Gasteiger partial charge in [0.25, 0.3) is 0 Å². The number of nitrogens with zero attached hydrogens (tertiary/aromatic N) is 4. The molecule has 2 fully saturated rings. The SMILES string of the molecule is CN=C(NCCCN1CCN(C)CC1c1ccccc1)NCCN1CCCCC1. The van der Waals surface area contributed by atoms with Gasteiger partial charge in [-0.3, -0.25) is 9.89 Å². The van der Waals surface area contributed by atoms with Gasteiger partial charge in [-0.25, -0.2) is 0 Å². The average Bonchev–Trinajstić information content (AvgIpc) is 2.77. The Kier molecular flexibility index (Phi) is 9.25. The number of rotatable bonds is 8. The Labute approximate surface area is 177 Å². The molecule has 3 rings (SSSR count). The van der Waals surface area contributed by atoms with Crippen LogP contribution in [0.25, 0.3) is 0 Å². The highest BCUT2D eigenvalue weighted by molar-refractivity contribution is 5.79. The summed E-state index contributed by atoms with van der Waals surface area (Å²) in [6.07, 6.45) is 5.22. The van der Waals surface area contributed by atoms with Crippen molar-refractivity contribution in [2.75, 3.05) is 73.0 Å². The largest absolute Gasteiger partial charge is 0.356 e. The lowest BCUT2D eigenvalue weighted by Gasteiger charge is -2.40. The summed E-state index contributed by atoms with van der Waals surface area (Å²) in [5, 5.41) is 6.97. The van der Waals surface area contributed by atoms with E-state index in [4.69, 9.17) is 0 Å². The van der Waals surface area contributed by atoms with Crippen molar-refractivity contribution in [2.45, 2.75) is 31.7 Å². The van der Waals surface area contributed by atoms with Crippen LogP contribution in [-0.2, 0) is 0 Å². The van der Waals surface area contributed by atoms with Gasteiger partial charge in [-0.2, -0.15) is 0 Å². The third-order valence-electron chi connectivity index (χ3n) is 6.19. The molecule has 0 saturated carbocycles. The van der Waals surface area contributed by atoms with E-state index in [0.717, 1.165) is 58.2 Å². The van der Waals surface area contributed by atoms with Crippen LogP contribution in [-0.4, -0.2) is 93.7 Å². The van der Waals surface area contributed by atoms with Crippen LogP contribution in [0.4, 0.5) is 0 Å². The van der Waals surface area contributed by atoms with Gasteiger partial charge in [0.2, 0.25) is 0 Å². The highest BCUT2D eigenvalue weighted by Crippen LogP contribution is 2.24. The normalized spacial score (nSPS) is 22.6. The summed E-state index contributed by atoms with van der Waals surface area (Å²) in [5.41, 5.74) is 1.43. The van der Waals surface area contributed by atoms with Crippen LogP contribution in [0.3, 0.4) is 0 Å². The Balaban J connectivity index is 1.36. The van der Waals surface area contributed by atoms with E-state index in [-0.39, 0.29) is 0 Å². The number of likely N-dealkylation sites (N-methyl/N-ethyl adjacent to an activating group) is 1. The summed E-state index contributed by atoms with van der Waals surface area (Å²) in [4.78, 5) is 12.0. The molecule has 6 nitrogen and oxygen atoms in total. The van der Waals surface area contributed by atoms with E-state index >= 15 is 0 Å². The number of likely N-dealkylation sites (tertiary alicyclic amines) is 1. The quantitative estimate of drug-likeness (QED) is 0.397. The van der Waals surface area contributed by atoms with Crippen molar-refractivity contribution in [3.05, 3.63) is 35.9 Å². The van der Waals surface area contributed by atoms with Crippen molar-refractivity contribution in [3.63, 3.8) is 0 Å². The van der Waals surface area contributed by atoms with Gasteiger partial charge in [-0.05, 0) is 45.0 Å². The molecule has 2 aliphatic rings. The van der Waals surface area contributed by atoms with Crippen LogP contribution in [0.5, 0.6) is 0 Å². The van der Waals surface area contributed by atoms with Crippen LogP contribution in [0.15, 0.2) is 35.3 Å². The van der Waals surface area contributed by atoms with Crippen molar-refractivity contribution in [1.82, 2.24) is 25.3 Å². The predicted molar refractivity (Wildman–Crippen MR) is 123 cm³/mol. The van der Waals surface area contributed by atoms with E-state index in [1.807, 2.05) is 7.05 Å². The second-order valence-electron chi connectivity index (χ2n) is 8.41. The standard InChI is InChI=1S/C23H40N6/c1-24-23(26-13-17-28-14-7-4-8-15-28)25-12-9-16-29-19-18-27(2)20-22(29)21-10-5-3-6-11-21/h3,5-6,10-11,22H,4,7-9,12-20H2,1-2H3,(H2,24,25,26). The lowest BCUT2D eigenvalue weighted by molar-refractivity contribution is 0.0891. The van der Waals surface area contributed by atoms with E-state index < -0.39 is 0 Å². The number of aliphatic imine (C=N–C) groups is 1. The summed E-state index contributed by atoms with van der Waals surface area (Å²) in [6, 6.07) is 11.4. The number of nitrogens with one attached hydrogen (secondary N) is 2. The number of hydrogen-bond acceptors (Lipinski definition) is 4. The van der Waals surface area contributed by atoms with Gasteiger partial charge in [0.1, 0.15) is 0 Å². The minimum atomic E-state index is 0.497. The highest BCUT2D eigenvalue weighted by atomic mass is 15.3. The monoisotopic (exact) mass is 400 g/mol. The second-order valence-corrected chi connectivity index (χ2v) is 8.41. The van der Waals surface area contributed by atoms with Gasteiger partial charge in [-0.15, -0.1) is 0 Å². The molecule has 0 aliphatic carbocycles. The Hall–Kier alpha value is -1.63. The average molecular weight is 401 g/mol. The number of guanidine groups is 1. The van der Waals surface area contributed by atoms with Crippen LogP contribution in [0.2, 0.25) is 0 Å². The molecular weight excluding hydrogens is 360 g/mol. The van der Waals surface area contributed by atoms with Gasteiger partial charge in [0, 0.05) is 58.9 Å². The Morgan fingerprint density at radius 1 is 0.966 bits per heavy atom. The number of hydrogen-bond donors (Lipinski definition) is 2. The Bertz CT molecular complexity index is 599. The van der Waals surface area contributed by atoms with Gasteiger partial charge < -0.3 is 20.4 Å². The minimum absolute atomic E-state index is 0.497. The number of piperidine rings is 1. The molecule has 2 aliphatic heterocycles. The first kappa shape index (κ1) is 22.1. The van der Waals surface area contributed by atoms with Crippen molar-refractivity contribution >= 4 is 5.96 Å². The maximum Gasteiger partial charge on any atom is 0.191 e. The first-order valence-electron chi connectivity index (χ1n) is 11.4. The summed E-state index contributed by atoms with van der Waals surface area (Å²) < 4.78 is 0. The molecule has 1 aromatic carbocycles. The first-order valence-corrected chi connectivity index (χ1v) is 11.4. The van der Waals surface area contributed by atoms with Crippen LogP contribution < -0.4 is 10.6 Å². The first-order chi connectivity index (χ1) is 14.3. The molecule has 1 atom stereocenters. The maximum absolute atomic E-state index is 4.38. The molecule has 2 N–H and O–H groups in total. The van der Waals surface area contributed by atoms with Gasteiger partial charge in [-0.1, -0.05) is 36.8 Å². The smallest absolute Gasteiger partial charge is 0.191 e. The fraction of sp³-hybridized carbons (Fsp3) is 0.696. The van der Waals surface area contributed by atoms with Crippen molar-refractivity contribution in [3.8, 4) is 0 Å². The zero-order chi connectivity index (χ0) is 20.3. The Morgan fingerprint density at radius 2 is 1.72 bits per heavy atom. The van der Waals surface area contributed by atoms with Crippen molar-refractivity contribution < 1.29 is 0 Å². The van der Waals surface area contributed by atoms with Gasteiger partial charge in [0.15, 0.2) is 5.96 Å². The molecule has 0 bridgehead atoms. The van der Waals surface area contributed by atoms with Gasteiger partial charge >= 0.3 is 0 Å². The molecule has 0 radical (unpaired) electrons. The third kappa shape index (κ3) is 7.28. The third-order valence-corrected chi connectivity index (χ3v) is 6.19. The predicted octanol–water partition coefficient (Wildman–Crippen LogP) is 2.02. The highest BCUT2D eigenvalue weighted by Gasteiger charge is 2.25.